The topological polar surface area (TPSA) is 32.3 Å². The largest absolute Gasteiger partial charge is 0.382 e. The van der Waals surface area contributed by atoms with Crippen molar-refractivity contribution in [2.45, 2.75) is 26.3 Å². The summed E-state index contributed by atoms with van der Waals surface area (Å²) in [6.45, 7) is 5.68. The van der Waals surface area contributed by atoms with Crippen LogP contribution in [0.4, 0.5) is 5.69 Å². The maximum absolute atomic E-state index is 12.5. The van der Waals surface area contributed by atoms with Gasteiger partial charge in [-0.1, -0.05) is 24.3 Å². The Morgan fingerprint density at radius 3 is 2.72 bits per heavy atom. The minimum absolute atomic E-state index is 0.114. The number of nitrogens with zero attached hydrogens (tertiary/aromatic N) is 1. The number of hydrogen-bond acceptors (Lipinski definition) is 2. The van der Waals surface area contributed by atoms with E-state index in [1.165, 1.54) is 0 Å². The zero-order valence-corrected chi connectivity index (χ0v) is 11.0. The monoisotopic (exact) mass is 244 g/mol. The Labute approximate surface area is 108 Å². The lowest BCUT2D eigenvalue weighted by atomic mass is 10.1. The fourth-order valence-corrected chi connectivity index (χ4v) is 2.10. The van der Waals surface area contributed by atoms with Gasteiger partial charge in [-0.2, -0.15) is 0 Å². The molecule has 18 heavy (non-hydrogen) atoms. The molecular formula is C15H20N2O. The summed E-state index contributed by atoms with van der Waals surface area (Å²) in [6, 6.07) is 8.05. The van der Waals surface area contributed by atoms with Gasteiger partial charge in [0.1, 0.15) is 0 Å². The van der Waals surface area contributed by atoms with Crippen molar-refractivity contribution in [2.24, 2.45) is 0 Å². The second-order valence-electron chi connectivity index (χ2n) is 4.86. The highest BCUT2D eigenvalue weighted by molar-refractivity contribution is 5.99. The van der Waals surface area contributed by atoms with Crippen molar-refractivity contribution in [3.63, 3.8) is 0 Å². The molecule has 1 amide bonds. The van der Waals surface area contributed by atoms with E-state index in [1.54, 1.807) is 0 Å². The van der Waals surface area contributed by atoms with Gasteiger partial charge in [-0.3, -0.25) is 4.79 Å². The molecule has 1 aliphatic rings. The number of rotatable bonds is 3. The van der Waals surface area contributed by atoms with Crippen LogP contribution < -0.4 is 5.32 Å². The highest BCUT2D eigenvalue weighted by Crippen LogP contribution is 2.19. The lowest BCUT2D eigenvalue weighted by Crippen LogP contribution is -2.34. The van der Waals surface area contributed by atoms with E-state index in [0.29, 0.717) is 6.04 Å². The third-order valence-corrected chi connectivity index (χ3v) is 2.95. The van der Waals surface area contributed by atoms with E-state index in [9.17, 15) is 4.79 Å². The number of hydrogen-bond donors (Lipinski definition) is 1. The van der Waals surface area contributed by atoms with E-state index < -0.39 is 0 Å². The Morgan fingerprint density at radius 2 is 2.06 bits per heavy atom. The number of carbonyl (C=O) groups is 1. The number of benzene rings is 1. The molecule has 0 atom stereocenters. The molecule has 0 saturated carbocycles. The molecule has 1 aliphatic heterocycles. The average Bonchev–Trinajstić information content (AvgIpc) is 2.39. The quantitative estimate of drug-likeness (QED) is 0.829. The van der Waals surface area contributed by atoms with Crippen LogP contribution in [0.5, 0.6) is 0 Å². The molecule has 1 aromatic rings. The molecule has 0 unspecified atom stereocenters. The van der Waals surface area contributed by atoms with Gasteiger partial charge in [0.2, 0.25) is 0 Å². The fourth-order valence-electron chi connectivity index (χ4n) is 2.10. The summed E-state index contributed by atoms with van der Waals surface area (Å²) in [5.74, 6) is 0.114. The number of nitrogens with one attached hydrogen (secondary N) is 1. The predicted octanol–water partition coefficient (Wildman–Crippen LogP) is 2.91. The summed E-state index contributed by atoms with van der Waals surface area (Å²) in [5.41, 5.74) is 1.69. The zero-order valence-electron chi connectivity index (χ0n) is 11.0. The maximum Gasteiger partial charge on any atom is 0.256 e. The Hall–Kier alpha value is -1.77. The minimum atomic E-state index is 0.114. The number of carbonyl (C=O) groups excluding carboxylic acids is 1. The number of anilines is 1. The van der Waals surface area contributed by atoms with Crippen LogP contribution in [-0.2, 0) is 0 Å². The molecule has 3 heteroatoms. The lowest BCUT2D eigenvalue weighted by molar-refractivity contribution is 0.0772. The third kappa shape index (κ3) is 2.92. The van der Waals surface area contributed by atoms with E-state index >= 15 is 0 Å². The van der Waals surface area contributed by atoms with Crippen LogP contribution in [0.2, 0.25) is 0 Å². The van der Waals surface area contributed by atoms with Gasteiger partial charge in [-0.05, 0) is 32.4 Å². The second kappa shape index (κ2) is 5.71. The van der Waals surface area contributed by atoms with Crippen LogP contribution in [0.15, 0.2) is 36.4 Å². The van der Waals surface area contributed by atoms with E-state index in [1.807, 2.05) is 29.2 Å². The molecule has 1 heterocycles. The summed E-state index contributed by atoms with van der Waals surface area (Å²) in [4.78, 5) is 14.3. The molecule has 1 aromatic carbocycles. The maximum atomic E-state index is 12.5. The second-order valence-corrected chi connectivity index (χ2v) is 4.86. The smallest absolute Gasteiger partial charge is 0.256 e. The number of para-hydroxylation sites is 1. The van der Waals surface area contributed by atoms with Crippen LogP contribution >= 0.6 is 0 Å². The van der Waals surface area contributed by atoms with Crippen molar-refractivity contribution >= 4 is 11.6 Å². The van der Waals surface area contributed by atoms with Gasteiger partial charge in [0.15, 0.2) is 0 Å². The molecule has 1 N–H and O–H groups in total. The Bertz CT molecular complexity index is 452. The summed E-state index contributed by atoms with van der Waals surface area (Å²) in [6.07, 6.45) is 5.13. The van der Waals surface area contributed by atoms with Crippen LogP contribution in [0.3, 0.4) is 0 Å². The van der Waals surface area contributed by atoms with Gasteiger partial charge in [0.25, 0.3) is 5.91 Å². The van der Waals surface area contributed by atoms with Crippen molar-refractivity contribution in [1.29, 1.82) is 0 Å². The van der Waals surface area contributed by atoms with Gasteiger partial charge >= 0.3 is 0 Å². The Kier molecular flexibility index (Phi) is 4.03. The van der Waals surface area contributed by atoms with E-state index in [2.05, 4.69) is 31.3 Å². The normalized spacial score (nSPS) is 14.9. The van der Waals surface area contributed by atoms with Crippen LogP contribution in [0.25, 0.3) is 0 Å². The summed E-state index contributed by atoms with van der Waals surface area (Å²) < 4.78 is 0. The molecule has 3 nitrogen and oxygen atoms in total. The predicted molar refractivity (Wildman–Crippen MR) is 74.9 cm³/mol. The van der Waals surface area contributed by atoms with Gasteiger partial charge < -0.3 is 10.2 Å². The minimum Gasteiger partial charge on any atom is -0.382 e. The van der Waals surface area contributed by atoms with Gasteiger partial charge in [0, 0.05) is 24.8 Å². The highest BCUT2D eigenvalue weighted by Gasteiger charge is 2.18. The van der Waals surface area contributed by atoms with Crippen molar-refractivity contribution in [1.82, 2.24) is 4.90 Å². The molecule has 0 aliphatic carbocycles. The Balaban J connectivity index is 2.21. The van der Waals surface area contributed by atoms with Crippen molar-refractivity contribution in [3.05, 3.63) is 42.0 Å². The highest BCUT2D eigenvalue weighted by atomic mass is 16.2. The fraction of sp³-hybridized carbons (Fsp3) is 0.400. The first-order chi connectivity index (χ1) is 8.68. The molecule has 0 bridgehead atoms. The van der Waals surface area contributed by atoms with E-state index in [0.717, 1.165) is 30.8 Å². The van der Waals surface area contributed by atoms with Crippen LogP contribution in [-0.4, -0.2) is 29.9 Å². The first-order valence-corrected chi connectivity index (χ1v) is 6.48. The molecule has 96 valence electrons. The molecule has 0 fully saturated rings. The summed E-state index contributed by atoms with van der Waals surface area (Å²) >= 11 is 0. The third-order valence-electron chi connectivity index (χ3n) is 2.95. The van der Waals surface area contributed by atoms with Crippen molar-refractivity contribution in [3.8, 4) is 0 Å². The van der Waals surface area contributed by atoms with Crippen LogP contribution in [0.1, 0.15) is 30.6 Å². The molecule has 2 rings (SSSR count). The Morgan fingerprint density at radius 1 is 1.28 bits per heavy atom. The molecule has 0 aromatic heterocycles. The average molecular weight is 244 g/mol. The van der Waals surface area contributed by atoms with Crippen LogP contribution in [0, 0.1) is 0 Å². The molecule has 0 spiro atoms. The summed E-state index contributed by atoms with van der Waals surface area (Å²) in [7, 11) is 0. The van der Waals surface area contributed by atoms with Gasteiger partial charge in [-0.15, -0.1) is 0 Å². The van der Waals surface area contributed by atoms with Gasteiger partial charge in [-0.25, -0.2) is 0 Å². The first-order valence-electron chi connectivity index (χ1n) is 6.48. The molecule has 0 saturated heterocycles. The van der Waals surface area contributed by atoms with Crippen molar-refractivity contribution < 1.29 is 4.79 Å². The van der Waals surface area contributed by atoms with Crippen molar-refractivity contribution in [2.75, 3.05) is 18.4 Å². The summed E-state index contributed by atoms with van der Waals surface area (Å²) in [5, 5.41) is 3.33. The van der Waals surface area contributed by atoms with Gasteiger partial charge in [0.05, 0.1) is 5.56 Å². The lowest BCUT2D eigenvalue weighted by Gasteiger charge is -2.25. The molecule has 0 radical (unpaired) electrons. The number of amides is 1. The van der Waals surface area contributed by atoms with E-state index in [4.69, 9.17) is 0 Å². The standard InChI is InChI=1S/C15H20N2O/c1-12(2)16-14-9-5-4-8-13(14)15(18)17-10-6-3-7-11-17/h3-6,8-9,12,16H,7,10-11H2,1-2H3. The molecular weight excluding hydrogens is 224 g/mol. The zero-order chi connectivity index (χ0) is 13.0. The first kappa shape index (κ1) is 12.7. The SMILES string of the molecule is CC(C)Nc1ccccc1C(=O)N1CC=CCC1. The van der Waals surface area contributed by atoms with E-state index in [-0.39, 0.29) is 5.91 Å².